The molecule has 124 valence electrons. The molecule has 0 aliphatic heterocycles. The van der Waals surface area contributed by atoms with Crippen LogP contribution in [0.5, 0.6) is 0 Å². The number of halogens is 3. The highest BCUT2D eigenvalue weighted by Gasteiger charge is 2.29. The van der Waals surface area contributed by atoms with Gasteiger partial charge in [-0.3, -0.25) is 4.79 Å². The maximum absolute atomic E-state index is 12.5. The van der Waals surface area contributed by atoms with Crippen LogP contribution in [-0.4, -0.2) is 15.9 Å². The van der Waals surface area contributed by atoms with E-state index in [0.717, 1.165) is 12.1 Å². The van der Waals surface area contributed by atoms with Crippen molar-refractivity contribution in [2.45, 2.75) is 16.8 Å². The highest BCUT2D eigenvalue weighted by Crippen LogP contribution is 2.31. The Hall–Kier alpha value is -2.48. The quantitative estimate of drug-likeness (QED) is 0.699. The molecule has 1 amide bonds. The number of carbonyl (C=O) groups is 1. The van der Waals surface area contributed by atoms with E-state index in [4.69, 9.17) is 5.73 Å². The molecule has 4 nitrogen and oxygen atoms in total. The summed E-state index contributed by atoms with van der Waals surface area (Å²) in [5.41, 5.74) is 6.15. The van der Waals surface area contributed by atoms with Crippen LogP contribution < -0.4 is 5.73 Å². The van der Waals surface area contributed by atoms with Crippen LogP contribution in [0.25, 0.3) is 11.0 Å². The molecular formula is C16H12F3N3OS. The molecule has 0 fully saturated rings. The molecule has 0 saturated heterocycles. The number of alkyl halides is 3. The van der Waals surface area contributed by atoms with E-state index in [2.05, 4.69) is 9.97 Å². The van der Waals surface area contributed by atoms with Gasteiger partial charge in [0.25, 0.3) is 5.91 Å². The molecule has 0 atom stereocenters. The highest BCUT2D eigenvalue weighted by atomic mass is 32.2. The van der Waals surface area contributed by atoms with Crippen molar-refractivity contribution in [3.05, 3.63) is 59.4 Å². The number of fused-ring (bicyclic) bond motifs is 1. The Balaban J connectivity index is 1.76. The fraction of sp³-hybridized carbons (Fsp3) is 0.125. The summed E-state index contributed by atoms with van der Waals surface area (Å²) in [6, 6.07) is 10.0. The van der Waals surface area contributed by atoms with Gasteiger partial charge >= 0.3 is 6.18 Å². The number of aromatic amines is 1. The minimum absolute atomic E-state index is 0.328. The Bertz CT molecular complexity index is 888. The normalized spacial score (nSPS) is 11.8. The molecule has 0 spiro atoms. The van der Waals surface area contributed by atoms with Crippen LogP contribution in [0.2, 0.25) is 0 Å². The average Bonchev–Trinajstić information content (AvgIpc) is 2.95. The van der Waals surface area contributed by atoms with Gasteiger partial charge in [0.1, 0.15) is 11.3 Å². The number of rotatable bonds is 4. The zero-order chi connectivity index (χ0) is 17.3. The van der Waals surface area contributed by atoms with E-state index in [1.54, 1.807) is 18.2 Å². The van der Waals surface area contributed by atoms with Crippen molar-refractivity contribution in [1.29, 1.82) is 0 Å². The predicted molar refractivity (Wildman–Crippen MR) is 85.6 cm³/mol. The standard InChI is InChI=1S/C16H12F3N3OS/c17-16(18,19)9-4-6-10(7-5-9)24-8-13-21-12-3-1-2-11(15(20)23)14(12)22-13/h1-7H,8H2,(H2,20,23)(H,21,22). The lowest BCUT2D eigenvalue weighted by atomic mass is 10.2. The number of nitrogens with zero attached hydrogens (tertiary/aromatic N) is 1. The Labute approximate surface area is 139 Å². The molecule has 1 heterocycles. The second-order valence-corrected chi connectivity index (χ2v) is 6.11. The lowest BCUT2D eigenvalue weighted by Crippen LogP contribution is -2.11. The lowest BCUT2D eigenvalue weighted by molar-refractivity contribution is -0.137. The summed E-state index contributed by atoms with van der Waals surface area (Å²) in [7, 11) is 0. The van der Waals surface area contributed by atoms with Gasteiger partial charge in [-0.2, -0.15) is 13.2 Å². The first-order valence-corrected chi connectivity index (χ1v) is 7.90. The first-order valence-electron chi connectivity index (χ1n) is 6.92. The van der Waals surface area contributed by atoms with E-state index in [9.17, 15) is 18.0 Å². The second kappa shape index (κ2) is 6.20. The van der Waals surface area contributed by atoms with Gasteiger partial charge in [-0.15, -0.1) is 11.8 Å². The molecule has 0 aliphatic carbocycles. The molecule has 2 aromatic carbocycles. The molecule has 3 N–H and O–H groups in total. The van der Waals surface area contributed by atoms with Gasteiger partial charge in [-0.1, -0.05) is 6.07 Å². The smallest absolute Gasteiger partial charge is 0.366 e. The Morgan fingerprint density at radius 2 is 1.88 bits per heavy atom. The van der Waals surface area contributed by atoms with Crippen molar-refractivity contribution < 1.29 is 18.0 Å². The van der Waals surface area contributed by atoms with Crippen molar-refractivity contribution in [2.75, 3.05) is 0 Å². The van der Waals surface area contributed by atoms with Crippen molar-refractivity contribution in [2.24, 2.45) is 5.73 Å². The van der Waals surface area contributed by atoms with Crippen LogP contribution in [0, 0.1) is 0 Å². The lowest BCUT2D eigenvalue weighted by Gasteiger charge is -2.06. The minimum atomic E-state index is -4.34. The highest BCUT2D eigenvalue weighted by molar-refractivity contribution is 7.98. The fourth-order valence-electron chi connectivity index (χ4n) is 2.24. The SMILES string of the molecule is NC(=O)c1cccc2[nH]c(CSc3ccc(C(F)(F)F)cc3)nc12. The summed E-state index contributed by atoms with van der Waals surface area (Å²) in [4.78, 5) is 19.5. The van der Waals surface area contributed by atoms with Gasteiger partial charge in [-0.25, -0.2) is 4.98 Å². The zero-order valence-electron chi connectivity index (χ0n) is 12.2. The van der Waals surface area contributed by atoms with Crippen molar-refractivity contribution in [3.63, 3.8) is 0 Å². The first kappa shape index (κ1) is 16.4. The Kier molecular flexibility index (Phi) is 4.23. The number of nitrogens with one attached hydrogen (secondary N) is 1. The average molecular weight is 351 g/mol. The number of primary amides is 1. The van der Waals surface area contributed by atoms with E-state index in [-0.39, 0.29) is 0 Å². The topological polar surface area (TPSA) is 71.8 Å². The number of aromatic nitrogens is 2. The van der Waals surface area contributed by atoms with Gasteiger partial charge in [0.2, 0.25) is 0 Å². The maximum Gasteiger partial charge on any atom is 0.416 e. The summed E-state index contributed by atoms with van der Waals surface area (Å²) in [6.45, 7) is 0. The number of para-hydroxylation sites is 1. The number of nitrogens with two attached hydrogens (primary N) is 1. The molecule has 3 aromatic rings. The third-order valence-corrected chi connectivity index (χ3v) is 4.41. The fourth-order valence-corrected chi connectivity index (χ4v) is 3.01. The predicted octanol–water partition coefficient (Wildman–Crippen LogP) is 3.97. The molecular weight excluding hydrogens is 339 g/mol. The van der Waals surface area contributed by atoms with Crippen LogP contribution in [0.4, 0.5) is 13.2 Å². The van der Waals surface area contributed by atoms with Crippen LogP contribution in [0.15, 0.2) is 47.4 Å². The Morgan fingerprint density at radius 1 is 1.17 bits per heavy atom. The molecule has 0 radical (unpaired) electrons. The number of thioether (sulfide) groups is 1. The number of amides is 1. The summed E-state index contributed by atoms with van der Waals surface area (Å²) in [5, 5.41) is 0. The number of benzene rings is 2. The third kappa shape index (κ3) is 3.38. The molecule has 0 unspecified atom stereocenters. The van der Waals surface area contributed by atoms with Gasteiger partial charge in [0.15, 0.2) is 0 Å². The van der Waals surface area contributed by atoms with E-state index < -0.39 is 17.6 Å². The van der Waals surface area contributed by atoms with Crippen LogP contribution in [-0.2, 0) is 11.9 Å². The summed E-state index contributed by atoms with van der Waals surface area (Å²) in [5.74, 6) is 0.482. The Morgan fingerprint density at radius 3 is 2.50 bits per heavy atom. The maximum atomic E-state index is 12.5. The number of imidazole rings is 1. The van der Waals surface area contributed by atoms with Gasteiger partial charge in [0, 0.05) is 4.90 Å². The molecule has 0 saturated carbocycles. The largest absolute Gasteiger partial charge is 0.416 e. The first-order chi connectivity index (χ1) is 11.3. The van der Waals surface area contributed by atoms with E-state index in [0.29, 0.717) is 33.1 Å². The number of hydrogen-bond acceptors (Lipinski definition) is 3. The van der Waals surface area contributed by atoms with Gasteiger partial charge < -0.3 is 10.7 Å². The zero-order valence-corrected chi connectivity index (χ0v) is 13.0. The number of carbonyl (C=O) groups excluding carboxylic acids is 1. The van der Waals surface area contributed by atoms with Crippen molar-refractivity contribution in [1.82, 2.24) is 9.97 Å². The number of hydrogen-bond donors (Lipinski definition) is 2. The van der Waals surface area contributed by atoms with E-state index in [1.807, 2.05) is 0 Å². The molecule has 0 aliphatic rings. The van der Waals surface area contributed by atoms with E-state index >= 15 is 0 Å². The summed E-state index contributed by atoms with van der Waals surface area (Å²) in [6.07, 6.45) is -4.34. The van der Waals surface area contributed by atoms with Gasteiger partial charge in [-0.05, 0) is 36.4 Å². The van der Waals surface area contributed by atoms with Crippen molar-refractivity contribution >= 4 is 28.7 Å². The third-order valence-electron chi connectivity index (χ3n) is 3.38. The molecule has 0 bridgehead atoms. The van der Waals surface area contributed by atoms with Crippen LogP contribution in [0.3, 0.4) is 0 Å². The second-order valence-electron chi connectivity index (χ2n) is 5.06. The van der Waals surface area contributed by atoms with Gasteiger partial charge in [0.05, 0.1) is 22.4 Å². The molecule has 24 heavy (non-hydrogen) atoms. The molecule has 8 heteroatoms. The van der Waals surface area contributed by atoms with Crippen molar-refractivity contribution in [3.8, 4) is 0 Å². The summed E-state index contributed by atoms with van der Waals surface area (Å²) >= 11 is 1.35. The van der Waals surface area contributed by atoms with Crippen LogP contribution >= 0.6 is 11.8 Å². The monoisotopic (exact) mass is 351 g/mol. The minimum Gasteiger partial charge on any atom is -0.366 e. The number of H-pyrrole nitrogens is 1. The molecule has 3 rings (SSSR count). The van der Waals surface area contributed by atoms with Crippen LogP contribution in [0.1, 0.15) is 21.7 Å². The summed E-state index contributed by atoms with van der Waals surface area (Å²) < 4.78 is 37.6. The molecule has 1 aromatic heterocycles. The van der Waals surface area contributed by atoms with E-state index in [1.165, 1.54) is 23.9 Å².